The van der Waals surface area contributed by atoms with Crippen molar-refractivity contribution in [1.29, 1.82) is 0 Å². The Kier molecular flexibility index (Phi) is 5.65. The number of amides is 3. The number of hydrogen-bond acceptors (Lipinski definition) is 4. The Morgan fingerprint density at radius 3 is 2.70 bits per heavy atom. The average molecular weight is 405 g/mol. The second-order valence-electron chi connectivity index (χ2n) is 7.12. The summed E-state index contributed by atoms with van der Waals surface area (Å²) in [5, 5.41) is 12.5. The van der Waals surface area contributed by atoms with Crippen LogP contribution in [0.2, 0.25) is 0 Å². The third-order valence-electron chi connectivity index (χ3n) is 4.89. The van der Waals surface area contributed by atoms with Crippen molar-refractivity contribution in [1.82, 2.24) is 15.1 Å². The summed E-state index contributed by atoms with van der Waals surface area (Å²) in [5.74, 6) is 0.677. The molecule has 1 aromatic heterocycles. The van der Waals surface area contributed by atoms with Gasteiger partial charge >= 0.3 is 6.03 Å². The Balaban J connectivity index is 1.28. The van der Waals surface area contributed by atoms with Crippen LogP contribution in [-0.2, 0) is 11.2 Å². The highest BCUT2D eigenvalue weighted by atomic mass is 16.5. The number of aromatic nitrogens is 2. The average Bonchev–Trinajstić information content (AvgIpc) is 3.41. The molecular formula is C22H23N5O3. The molecule has 154 valence electrons. The number of hydrogen-bond donors (Lipinski definition) is 3. The number of nitrogens with zero attached hydrogens (tertiary/aromatic N) is 2. The Hall–Kier alpha value is -3.81. The molecule has 0 spiro atoms. The zero-order valence-electron chi connectivity index (χ0n) is 16.5. The summed E-state index contributed by atoms with van der Waals surface area (Å²) >= 11 is 0. The fourth-order valence-corrected chi connectivity index (χ4v) is 3.30. The lowest BCUT2D eigenvalue weighted by Crippen LogP contribution is -2.37. The number of nitrogens with one attached hydrogen (secondary N) is 3. The zero-order chi connectivity index (χ0) is 20.9. The van der Waals surface area contributed by atoms with Crippen LogP contribution in [0.5, 0.6) is 5.75 Å². The van der Waals surface area contributed by atoms with Crippen molar-refractivity contribution < 1.29 is 14.3 Å². The van der Waals surface area contributed by atoms with Crippen LogP contribution < -0.4 is 20.7 Å². The maximum absolute atomic E-state index is 12.4. The number of carbonyl (C=O) groups excluding carboxylic acids is 2. The summed E-state index contributed by atoms with van der Waals surface area (Å²) in [6, 6.07) is 15.9. The number of urea groups is 1. The van der Waals surface area contributed by atoms with Crippen molar-refractivity contribution in [3.8, 4) is 5.75 Å². The predicted octanol–water partition coefficient (Wildman–Crippen LogP) is 3.21. The number of anilines is 2. The van der Waals surface area contributed by atoms with Crippen LogP contribution in [0.1, 0.15) is 18.5 Å². The molecule has 1 aliphatic rings. The van der Waals surface area contributed by atoms with E-state index in [4.69, 9.17) is 4.74 Å². The molecule has 2 heterocycles. The molecule has 2 aromatic carbocycles. The number of carbonyl (C=O) groups is 2. The van der Waals surface area contributed by atoms with Crippen LogP contribution in [0, 0.1) is 0 Å². The molecule has 30 heavy (non-hydrogen) atoms. The predicted molar refractivity (Wildman–Crippen MR) is 114 cm³/mol. The summed E-state index contributed by atoms with van der Waals surface area (Å²) in [5.41, 5.74) is 2.32. The molecule has 1 aliphatic heterocycles. The van der Waals surface area contributed by atoms with E-state index >= 15 is 0 Å². The Morgan fingerprint density at radius 2 is 1.93 bits per heavy atom. The number of para-hydroxylation sites is 1. The molecular weight excluding hydrogens is 382 g/mol. The third kappa shape index (κ3) is 4.60. The Morgan fingerprint density at radius 1 is 1.13 bits per heavy atom. The molecule has 3 N–H and O–H groups in total. The van der Waals surface area contributed by atoms with E-state index in [9.17, 15) is 9.59 Å². The minimum Gasteiger partial charge on any atom is -0.488 e. The molecule has 0 saturated heterocycles. The standard InChI is InChI=1S/C22H23N5O3/c1-15(27-11-5-10-24-27)21(28)25-17-7-4-8-18(13-17)26-22(29)23-14-19-12-16-6-2-3-9-20(16)30-19/h2-11,13,15,19H,12,14H2,1H3,(H,25,28)(H2,23,26,29)/t15-,19-/m0/s1. The SMILES string of the molecule is C[C@@H](C(=O)Nc1cccc(NC(=O)NC[C@@H]2Cc3ccccc3O2)c1)n1cccn1. The summed E-state index contributed by atoms with van der Waals surface area (Å²) in [6.07, 6.45) is 4.05. The van der Waals surface area contributed by atoms with Gasteiger partial charge in [0.1, 0.15) is 17.9 Å². The van der Waals surface area contributed by atoms with Crippen molar-refractivity contribution in [2.45, 2.75) is 25.5 Å². The van der Waals surface area contributed by atoms with Gasteiger partial charge in [0.05, 0.1) is 6.54 Å². The molecule has 4 rings (SSSR count). The van der Waals surface area contributed by atoms with Gasteiger partial charge in [-0.15, -0.1) is 0 Å². The van der Waals surface area contributed by atoms with Crippen molar-refractivity contribution in [3.63, 3.8) is 0 Å². The number of rotatable bonds is 6. The van der Waals surface area contributed by atoms with E-state index in [0.29, 0.717) is 17.9 Å². The van der Waals surface area contributed by atoms with Crippen LogP contribution in [0.3, 0.4) is 0 Å². The van der Waals surface area contributed by atoms with Crippen LogP contribution in [0.25, 0.3) is 0 Å². The van der Waals surface area contributed by atoms with E-state index in [-0.39, 0.29) is 18.0 Å². The fourth-order valence-electron chi connectivity index (χ4n) is 3.30. The summed E-state index contributed by atoms with van der Waals surface area (Å²) in [4.78, 5) is 24.7. The second kappa shape index (κ2) is 8.69. The largest absolute Gasteiger partial charge is 0.488 e. The molecule has 8 heteroatoms. The highest BCUT2D eigenvalue weighted by Crippen LogP contribution is 2.27. The van der Waals surface area contributed by atoms with E-state index in [2.05, 4.69) is 21.0 Å². The van der Waals surface area contributed by atoms with Gasteiger partial charge in [-0.2, -0.15) is 5.10 Å². The zero-order valence-corrected chi connectivity index (χ0v) is 16.5. The number of fused-ring (bicyclic) bond motifs is 1. The van der Waals surface area contributed by atoms with Gasteiger partial charge in [-0.3, -0.25) is 9.48 Å². The van der Waals surface area contributed by atoms with Gasteiger partial charge in [-0.25, -0.2) is 4.79 Å². The quantitative estimate of drug-likeness (QED) is 0.587. The maximum Gasteiger partial charge on any atom is 0.319 e. The normalized spacial score (nSPS) is 15.6. The lowest BCUT2D eigenvalue weighted by Gasteiger charge is -2.14. The van der Waals surface area contributed by atoms with Gasteiger partial charge in [0.15, 0.2) is 0 Å². The van der Waals surface area contributed by atoms with Crippen molar-refractivity contribution in [2.75, 3.05) is 17.2 Å². The maximum atomic E-state index is 12.4. The first-order chi connectivity index (χ1) is 14.6. The first-order valence-electron chi connectivity index (χ1n) is 9.78. The van der Waals surface area contributed by atoms with E-state index in [1.165, 1.54) is 0 Å². The molecule has 0 saturated carbocycles. The van der Waals surface area contributed by atoms with Crippen molar-refractivity contribution in [2.24, 2.45) is 0 Å². The monoisotopic (exact) mass is 405 g/mol. The summed E-state index contributed by atoms with van der Waals surface area (Å²) < 4.78 is 7.40. The van der Waals surface area contributed by atoms with Crippen molar-refractivity contribution in [3.05, 3.63) is 72.6 Å². The van der Waals surface area contributed by atoms with E-state index in [0.717, 1.165) is 17.7 Å². The molecule has 0 aliphatic carbocycles. The molecule has 2 atom stereocenters. The second-order valence-corrected chi connectivity index (χ2v) is 7.12. The lowest BCUT2D eigenvalue weighted by atomic mass is 10.1. The van der Waals surface area contributed by atoms with Gasteiger partial charge in [0.2, 0.25) is 5.91 Å². The van der Waals surface area contributed by atoms with Gasteiger partial charge in [-0.1, -0.05) is 24.3 Å². The Labute approximate surface area is 174 Å². The van der Waals surface area contributed by atoms with Gasteiger partial charge in [0, 0.05) is 30.2 Å². The van der Waals surface area contributed by atoms with Crippen LogP contribution >= 0.6 is 0 Å². The van der Waals surface area contributed by atoms with Crippen LogP contribution in [0.4, 0.5) is 16.2 Å². The fraction of sp³-hybridized carbons (Fsp3) is 0.227. The molecule has 3 aromatic rings. The minimum absolute atomic E-state index is 0.0810. The molecule has 8 nitrogen and oxygen atoms in total. The van der Waals surface area contributed by atoms with E-state index < -0.39 is 6.04 Å². The molecule has 3 amide bonds. The van der Waals surface area contributed by atoms with Gasteiger partial charge in [0.25, 0.3) is 0 Å². The summed E-state index contributed by atoms with van der Waals surface area (Å²) in [6.45, 7) is 2.17. The molecule has 0 fully saturated rings. The molecule has 0 bridgehead atoms. The third-order valence-corrected chi connectivity index (χ3v) is 4.89. The highest BCUT2D eigenvalue weighted by Gasteiger charge is 2.22. The van der Waals surface area contributed by atoms with Gasteiger partial charge in [-0.05, 0) is 42.8 Å². The van der Waals surface area contributed by atoms with Crippen LogP contribution in [-0.4, -0.2) is 34.4 Å². The molecule has 0 radical (unpaired) electrons. The first kappa shape index (κ1) is 19.5. The van der Waals surface area contributed by atoms with Gasteiger partial charge < -0.3 is 20.7 Å². The number of ether oxygens (including phenoxy) is 1. The van der Waals surface area contributed by atoms with E-state index in [1.807, 2.05) is 24.3 Å². The summed E-state index contributed by atoms with van der Waals surface area (Å²) in [7, 11) is 0. The van der Waals surface area contributed by atoms with Crippen molar-refractivity contribution >= 4 is 23.3 Å². The Bertz CT molecular complexity index is 1010. The number of benzene rings is 2. The topological polar surface area (TPSA) is 97.3 Å². The van der Waals surface area contributed by atoms with E-state index in [1.54, 1.807) is 54.3 Å². The smallest absolute Gasteiger partial charge is 0.319 e. The lowest BCUT2D eigenvalue weighted by molar-refractivity contribution is -0.119. The first-order valence-corrected chi connectivity index (χ1v) is 9.78. The molecule has 0 unspecified atom stereocenters. The highest BCUT2D eigenvalue weighted by molar-refractivity contribution is 5.95. The minimum atomic E-state index is -0.449. The van der Waals surface area contributed by atoms with Crippen LogP contribution in [0.15, 0.2) is 67.0 Å².